The van der Waals surface area contributed by atoms with E-state index in [1.165, 1.54) is 12.0 Å². The van der Waals surface area contributed by atoms with Crippen LogP contribution < -0.4 is 10.1 Å². The molecule has 2 aromatic heterocycles. The van der Waals surface area contributed by atoms with E-state index in [1.807, 2.05) is 18.2 Å². The molecule has 2 amide bonds. The van der Waals surface area contributed by atoms with E-state index in [-0.39, 0.29) is 12.5 Å². The van der Waals surface area contributed by atoms with Crippen molar-refractivity contribution in [2.45, 2.75) is 5.92 Å². The van der Waals surface area contributed by atoms with Crippen LogP contribution in [0.4, 0.5) is 5.69 Å². The third-order valence-electron chi connectivity index (χ3n) is 6.24. The average Bonchev–Trinajstić information content (AvgIpc) is 3.58. The predicted molar refractivity (Wildman–Crippen MR) is 123 cm³/mol. The lowest BCUT2D eigenvalue weighted by atomic mass is 9.95. The molecule has 2 aliphatic rings. The van der Waals surface area contributed by atoms with Crippen molar-refractivity contribution in [3.63, 3.8) is 0 Å². The number of fused-ring (bicyclic) bond motifs is 1. The van der Waals surface area contributed by atoms with E-state index in [4.69, 9.17) is 4.74 Å². The second-order valence-electron chi connectivity index (χ2n) is 8.14. The first-order chi connectivity index (χ1) is 16.6. The minimum Gasteiger partial charge on any atom is -0.495 e. The zero-order valence-corrected chi connectivity index (χ0v) is 18.7. The molecule has 1 fully saturated rings. The molecule has 0 bridgehead atoms. The van der Waals surface area contributed by atoms with Gasteiger partial charge in [-0.3, -0.25) is 14.4 Å². The SMILES string of the molecule is COc1cnc(-n2cccn2)c2c1C(C(=O)C(=O)N1CCN(C(=O)c3ccccc3)CC1)CN2. The van der Waals surface area contributed by atoms with Gasteiger partial charge in [0.2, 0.25) is 5.78 Å². The van der Waals surface area contributed by atoms with Crippen LogP contribution in [0.15, 0.2) is 55.0 Å². The monoisotopic (exact) mass is 460 g/mol. The molecule has 174 valence electrons. The number of piperazine rings is 1. The summed E-state index contributed by atoms with van der Waals surface area (Å²) >= 11 is 0. The van der Waals surface area contributed by atoms with Crippen LogP contribution in [0.2, 0.25) is 0 Å². The first-order valence-electron chi connectivity index (χ1n) is 11.1. The molecule has 0 spiro atoms. The van der Waals surface area contributed by atoms with Crippen molar-refractivity contribution in [2.75, 3.05) is 45.2 Å². The fourth-order valence-electron chi connectivity index (χ4n) is 4.46. The highest BCUT2D eigenvalue weighted by atomic mass is 16.5. The van der Waals surface area contributed by atoms with Crippen molar-refractivity contribution in [2.24, 2.45) is 0 Å². The maximum Gasteiger partial charge on any atom is 0.290 e. The molecule has 4 heterocycles. The van der Waals surface area contributed by atoms with Gasteiger partial charge in [0.15, 0.2) is 5.82 Å². The lowest BCUT2D eigenvalue weighted by Gasteiger charge is -2.34. The van der Waals surface area contributed by atoms with Gasteiger partial charge in [0, 0.05) is 56.2 Å². The number of anilines is 1. The molecule has 0 aliphatic carbocycles. The van der Waals surface area contributed by atoms with Crippen LogP contribution in [-0.4, -0.2) is 82.0 Å². The van der Waals surface area contributed by atoms with E-state index in [2.05, 4.69) is 15.4 Å². The number of carbonyl (C=O) groups is 3. The molecule has 10 heteroatoms. The van der Waals surface area contributed by atoms with Crippen LogP contribution >= 0.6 is 0 Å². The minimum absolute atomic E-state index is 0.0728. The van der Waals surface area contributed by atoms with Gasteiger partial charge in [-0.05, 0) is 18.2 Å². The quantitative estimate of drug-likeness (QED) is 0.572. The molecule has 1 saturated heterocycles. The third kappa shape index (κ3) is 3.76. The molecule has 5 rings (SSSR count). The number of benzene rings is 1. The van der Waals surface area contributed by atoms with E-state index in [1.54, 1.807) is 46.4 Å². The number of hydrogen-bond acceptors (Lipinski definition) is 7. The van der Waals surface area contributed by atoms with Crippen LogP contribution in [0.25, 0.3) is 5.82 Å². The Bertz CT molecular complexity index is 1220. The number of Topliss-reactive ketones (excluding diaryl/α,β-unsaturated/α-hetero) is 1. The molecular formula is C24H24N6O4. The number of nitrogens with zero attached hydrogens (tertiary/aromatic N) is 5. The Morgan fingerprint density at radius 1 is 1.03 bits per heavy atom. The molecular weight excluding hydrogens is 436 g/mol. The Labute approximate surface area is 196 Å². The average molecular weight is 460 g/mol. The predicted octanol–water partition coefficient (Wildman–Crippen LogP) is 1.34. The van der Waals surface area contributed by atoms with Gasteiger partial charge in [-0.1, -0.05) is 18.2 Å². The second-order valence-corrected chi connectivity index (χ2v) is 8.14. The smallest absolute Gasteiger partial charge is 0.290 e. The standard InChI is InChI=1S/C24H24N6O4/c1-34-18-15-26-22(30-9-5-8-27-30)20-19(18)17(14-25-20)21(31)24(33)29-12-10-28(11-13-29)23(32)16-6-3-2-4-7-16/h2-9,15,17,25H,10-14H2,1H3. The van der Waals surface area contributed by atoms with Gasteiger partial charge >= 0.3 is 0 Å². The van der Waals surface area contributed by atoms with E-state index in [0.717, 1.165) is 0 Å². The Hall–Kier alpha value is -4.21. The molecule has 2 aliphatic heterocycles. The van der Waals surface area contributed by atoms with Gasteiger partial charge in [0.1, 0.15) is 5.75 Å². The Morgan fingerprint density at radius 2 is 1.76 bits per heavy atom. The van der Waals surface area contributed by atoms with Crippen molar-refractivity contribution in [1.82, 2.24) is 24.6 Å². The van der Waals surface area contributed by atoms with Gasteiger partial charge in [0.05, 0.1) is 24.9 Å². The van der Waals surface area contributed by atoms with Crippen molar-refractivity contribution >= 4 is 23.3 Å². The van der Waals surface area contributed by atoms with Crippen LogP contribution in [0.1, 0.15) is 21.8 Å². The highest BCUT2D eigenvalue weighted by molar-refractivity contribution is 6.38. The zero-order chi connectivity index (χ0) is 23.7. The summed E-state index contributed by atoms with van der Waals surface area (Å²) in [6, 6.07) is 10.8. The third-order valence-corrected chi connectivity index (χ3v) is 6.24. The summed E-state index contributed by atoms with van der Waals surface area (Å²) < 4.78 is 7.06. The van der Waals surface area contributed by atoms with Crippen molar-refractivity contribution in [1.29, 1.82) is 0 Å². The number of ketones is 1. The number of carbonyl (C=O) groups excluding carboxylic acids is 3. The summed E-state index contributed by atoms with van der Waals surface area (Å²) in [6.45, 7) is 1.64. The summed E-state index contributed by atoms with van der Waals surface area (Å²) in [5.41, 5.74) is 1.85. The van der Waals surface area contributed by atoms with Crippen LogP contribution in [-0.2, 0) is 9.59 Å². The summed E-state index contributed by atoms with van der Waals surface area (Å²) in [4.78, 5) is 46.7. The van der Waals surface area contributed by atoms with E-state index in [9.17, 15) is 14.4 Å². The number of hydrogen-bond donors (Lipinski definition) is 1. The Morgan fingerprint density at radius 3 is 2.44 bits per heavy atom. The number of methoxy groups -OCH3 is 1. The molecule has 1 atom stereocenters. The largest absolute Gasteiger partial charge is 0.495 e. The number of aromatic nitrogens is 3. The van der Waals surface area contributed by atoms with Crippen LogP contribution in [0.5, 0.6) is 5.75 Å². The fourth-order valence-corrected chi connectivity index (χ4v) is 4.46. The molecule has 3 aromatic rings. The van der Waals surface area contributed by atoms with Gasteiger partial charge in [-0.25, -0.2) is 9.67 Å². The topological polar surface area (TPSA) is 110 Å². The summed E-state index contributed by atoms with van der Waals surface area (Å²) in [5.74, 6) is -0.844. The number of pyridine rings is 1. The molecule has 1 unspecified atom stereocenters. The molecule has 1 aromatic carbocycles. The lowest BCUT2D eigenvalue weighted by Crippen LogP contribution is -2.52. The van der Waals surface area contributed by atoms with Crippen molar-refractivity contribution in [3.8, 4) is 11.6 Å². The Kier molecular flexibility index (Phi) is 5.70. The number of nitrogens with one attached hydrogen (secondary N) is 1. The number of rotatable bonds is 5. The minimum atomic E-state index is -0.696. The van der Waals surface area contributed by atoms with Crippen LogP contribution in [0.3, 0.4) is 0 Å². The summed E-state index contributed by atoms with van der Waals surface area (Å²) in [7, 11) is 1.51. The van der Waals surface area contributed by atoms with Crippen molar-refractivity contribution in [3.05, 3.63) is 66.1 Å². The maximum atomic E-state index is 13.3. The van der Waals surface area contributed by atoms with Gasteiger partial charge in [-0.15, -0.1) is 0 Å². The van der Waals surface area contributed by atoms with Gasteiger partial charge in [0.25, 0.3) is 11.8 Å². The molecule has 0 radical (unpaired) electrons. The zero-order valence-electron chi connectivity index (χ0n) is 18.7. The molecule has 1 N–H and O–H groups in total. The highest BCUT2D eigenvalue weighted by Crippen LogP contribution is 2.41. The van der Waals surface area contributed by atoms with Gasteiger partial charge < -0.3 is 19.9 Å². The summed E-state index contributed by atoms with van der Waals surface area (Å²) in [5, 5.41) is 7.44. The second kappa shape index (κ2) is 8.97. The van der Waals surface area contributed by atoms with E-state index in [0.29, 0.717) is 54.6 Å². The molecule has 34 heavy (non-hydrogen) atoms. The number of ether oxygens (including phenoxy) is 1. The normalized spacial score (nSPS) is 17.1. The highest BCUT2D eigenvalue weighted by Gasteiger charge is 2.40. The van der Waals surface area contributed by atoms with E-state index >= 15 is 0 Å². The maximum absolute atomic E-state index is 13.3. The lowest BCUT2D eigenvalue weighted by molar-refractivity contribution is -0.146. The first-order valence-corrected chi connectivity index (χ1v) is 11.1. The molecule has 0 saturated carbocycles. The number of amides is 2. The van der Waals surface area contributed by atoms with Gasteiger partial charge in [-0.2, -0.15) is 5.10 Å². The first kappa shape index (κ1) is 21.6. The van der Waals surface area contributed by atoms with E-state index < -0.39 is 17.6 Å². The molecule has 10 nitrogen and oxygen atoms in total. The fraction of sp³-hybridized carbons (Fsp3) is 0.292. The van der Waals surface area contributed by atoms with Crippen LogP contribution in [0, 0.1) is 0 Å². The summed E-state index contributed by atoms with van der Waals surface area (Å²) in [6.07, 6.45) is 4.94. The van der Waals surface area contributed by atoms with Crippen molar-refractivity contribution < 1.29 is 19.1 Å². The Balaban J connectivity index is 1.31.